The number of para-hydroxylation sites is 1. The van der Waals surface area contributed by atoms with Crippen molar-refractivity contribution in [1.29, 1.82) is 0 Å². The van der Waals surface area contributed by atoms with Crippen molar-refractivity contribution in [2.75, 3.05) is 5.32 Å². The molecule has 3 rings (SSSR count). The standard InChI is InChI=1S/C23H23N3S2/c1-17(27)24-21(18-11-5-2-6-12-18)22(19-13-7-3-8-14-19)26-23(28)25-20-15-9-4-10-16-20/h2-16,21-22H,1H3,(H,24,27)(H2,25,26,28)/t21-,22-/m0/s1. The van der Waals surface area contributed by atoms with Gasteiger partial charge in [0.1, 0.15) is 0 Å². The van der Waals surface area contributed by atoms with Gasteiger partial charge in [-0.3, -0.25) is 0 Å². The molecule has 0 aliphatic carbocycles. The van der Waals surface area contributed by atoms with Crippen LogP contribution in [0.2, 0.25) is 0 Å². The molecule has 5 heteroatoms. The van der Waals surface area contributed by atoms with Crippen LogP contribution in [0.5, 0.6) is 0 Å². The Hall–Kier alpha value is -2.76. The first kappa shape index (κ1) is 20.0. The Morgan fingerprint density at radius 2 is 1.07 bits per heavy atom. The van der Waals surface area contributed by atoms with E-state index >= 15 is 0 Å². The van der Waals surface area contributed by atoms with E-state index in [9.17, 15) is 0 Å². The Bertz CT molecular complexity index is 899. The first-order chi connectivity index (χ1) is 13.6. The molecule has 0 radical (unpaired) electrons. The third kappa shape index (κ3) is 5.62. The molecule has 3 aromatic rings. The lowest BCUT2D eigenvalue weighted by Crippen LogP contribution is -2.41. The molecule has 0 heterocycles. The minimum Gasteiger partial charge on any atom is -0.371 e. The van der Waals surface area contributed by atoms with Gasteiger partial charge in [0.15, 0.2) is 5.11 Å². The molecule has 0 aliphatic rings. The van der Waals surface area contributed by atoms with Gasteiger partial charge in [-0.15, -0.1) is 0 Å². The van der Waals surface area contributed by atoms with Crippen molar-refractivity contribution in [3.8, 4) is 0 Å². The Balaban J connectivity index is 1.91. The number of thiocarbonyl (C=S) groups is 2. The number of anilines is 1. The van der Waals surface area contributed by atoms with Crippen LogP contribution < -0.4 is 16.0 Å². The van der Waals surface area contributed by atoms with Gasteiger partial charge in [-0.25, -0.2) is 0 Å². The Morgan fingerprint density at radius 3 is 1.54 bits per heavy atom. The number of benzene rings is 3. The normalized spacial score (nSPS) is 12.5. The Kier molecular flexibility index (Phi) is 7.12. The highest BCUT2D eigenvalue weighted by Crippen LogP contribution is 2.29. The van der Waals surface area contributed by atoms with E-state index in [0.717, 1.165) is 21.8 Å². The number of hydrogen-bond acceptors (Lipinski definition) is 2. The van der Waals surface area contributed by atoms with Crippen LogP contribution in [0, 0.1) is 0 Å². The van der Waals surface area contributed by atoms with Gasteiger partial charge in [0.05, 0.1) is 17.1 Å². The van der Waals surface area contributed by atoms with E-state index in [0.29, 0.717) is 5.11 Å². The van der Waals surface area contributed by atoms with Crippen molar-refractivity contribution in [1.82, 2.24) is 10.6 Å². The molecule has 0 amide bonds. The van der Waals surface area contributed by atoms with Crippen LogP contribution in [0.4, 0.5) is 5.69 Å². The zero-order valence-corrected chi connectivity index (χ0v) is 17.3. The van der Waals surface area contributed by atoms with Crippen LogP contribution in [-0.4, -0.2) is 10.1 Å². The smallest absolute Gasteiger partial charge is 0.171 e. The van der Waals surface area contributed by atoms with Gasteiger partial charge < -0.3 is 16.0 Å². The molecule has 0 spiro atoms. The molecule has 0 aliphatic heterocycles. The number of nitrogens with one attached hydrogen (secondary N) is 3. The van der Waals surface area contributed by atoms with E-state index in [-0.39, 0.29) is 12.1 Å². The Labute approximate surface area is 177 Å². The molecule has 3 N–H and O–H groups in total. The topological polar surface area (TPSA) is 36.1 Å². The van der Waals surface area contributed by atoms with Crippen LogP contribution in [-0.2, 0) is 0 Å². The van der Waals surface area contributed by atoms with Gasteiger partial charge in [0, 0.05) is 5.69 Å². The summed E-state index contributed by atoms with van der Waals surface area (Å²) < 4.78 is 0. The van der Waals surface area contributed by atoms with Gasteiger partial charge in [0.2, 0.25) is 0 Å². The van der Waals surface area contributed by atoms with E-state index in [1.54, 1.807) is 0 Å². The van der Waals surface area contributed by atoms with E-state index in [1.165, 1.54) is 0 Å². The lowest BCUT2D eigenvalue weighted by atomic mass is 9.93. The van der Waals surface area contributed by atoms with Crippen LogP contribution in [0.3, 0.4) is 0 Å². The maximum absolute atomic E-state index is 5.61. The fourth-order valence-electron chi connectivity index (χ4n) is 3.09. The predicted octanol–water partition coefficient (Wildman–Crippen LogP) is 5.39. The largest absolute Gasteiger partial charge is 0.371 e. The minimum atomic E-state index is -0.106. The molecular weight excluding hydrogens is 382 g/mol. The fourth-order valence-corrected chi connectivity index (χ4v) is 3.46. The summed E-state index contributed by atoms with van der Waals surface area (Å²) in [5.74, 6) is 0. The zero-order chi connectivity index (χ0) is 19.8. The second-order valence-electron chi connectivity index (χ2n) is 6.44. The number of rotatable bonds is 6. The number of hydrogen-bond donors (Lipinski definition) is 3. The third-order valence-electron chi connectivity index (χ3n) is 4.33. The van der Waals surface area contributed by atoms with E-state index in [1.807, 2.05) is 73.7 Å². The molecule has 0 unspecified atom stereocenters. The third-order valence-corrected chi connectivity index (χ3v) is 4.67. The fraction of sp³-hybridized carbons (Fsp3) is 0.130. The van der Waals surface area contributed by atoms with Crippen molar-refractivity contribution >= 4 is 40.2 Å². The summed E-state index contributed by atoms with van der Waals surface area (Å²) in [7, 11) is 0. The van der Waals surface area contributed by atoms with Gasteiger partial charge in [-0.05, 0) is 42.4 Å². The second kappa shape index (κ2) is 9.97. The van der Waals surface area contributed by atoms with Crippen molar-refractivity contribution < 1.29 is 0 Å². The minimum absolute atomic E-state index is 0.0726. The summed E-state index contributed by atoms with van der Waals surface area (Å²) in [4.78, 5) is 0.735. The molecule has 0 saturated carbocycles. The maximum Gasteiger partial charge on any atom is 0.171 e. The summed E-state index contributed by atoms with van der Waals surface area (Å²) in [6.45, 7) is 1.90. The predicted molar refractivity (Wildman–Crippen MR) is 126 cm³/mol. The molecule has 3 aromatic carbocycles. The average Bonchev–Trinajstić information content (AvgIpc) is 2.72. The molecule has 28 heavy (non-hydrogen) atoms. The molecule has 2 atom stereocenters. The lowest BCUT2D eigenvalue weighted by Gasteiger charge is -2.31. The van der Waals surface area contributed by atoms with Gasteiger partial charge in [0.25, 0.3) is 0 Å². The summed E-state index contributed by atoms with van der Waals surface area (Å²) in [6, 6.07) is 30.3. The molecule has 0 fully saturated rings. The highest BCUT2D eigenvalue weighted by molar-refractivity contribution is 7.80. The van der Waals surface area contributed by atoms with Crippen molar-refractivity contribution in [3.63, 3.8) is 0 Å². The zero-order valence-electron chi connectivity index (χ0n) is 15.6. The molecule has 142 valence electrons. The van der Waals surface area contributed by atoms with Gasteiger partial charge in [-0.1, -0.05) is 91.1 Å². The quantitative estimate of drug-likeness (QED) is 0.479. The van der Waals surface area contributed by atoms with Crippen molar-refractivity contribution in [3.05, 3.63) is 102 Å². The molecular formula is C23H23N3S2. The average molecular weight is 406 g/mol. The first-order valence-electron chi connectivity index (χ1n) is 9.13. The van der Waals surface area contributed by atoms with Crippen LogP contribution >= 0.6 is 24.4 Å². The maximum atomic E-state index is 5.61. The van der Waals surface area contributed by atoms with E-state index in [2.05, 4.69) is 40.2 Å². The highest BCUT2D eigenvalue weighted by atomic mass is 32.1. The second-order valence-corrected chi connectivity index (χ2v) is 7.46. The van der Waals surface area contributed by atoms with Gasteiger partial charge in [-0.2, -0.15) is 0 Å². The van der Waals surface area contributed by atoms with Gasteiger partial charge >= 0.3 is 0 Å². The van der Waals surface area contributed by atoms with Crippen LogP contribution in [0.15, 0.2) is 91.0 Å². The summed E-state index contributed by atoms with van der Waals surface area (Å²) in [6.07, 6.45) is 0. The molecule has 0 bridgehead atoms. The lowest BCUT2D eigenvalue weighted by molar-refractivity contribution is 0.487. The summed E-state index contributed by atoms with van der Waals surface area (Å²) in [5, 5.41) is 10.8. The summed E-state index contributed by atoms with van der Waals surface area (Å²) in [5.41, 5.74) is 3.20. The van der Waals surface area contributed by atoms with Crippen molar-refractivity contribution in [2.45, 2.75) is 19.0 Å². The van der Waals surface area contributed by atoms with Crippen LogP contribution in [0.25, 0.3) is 0 Å². The monoisotopic (exact) mass is 405 g/mol. The van der Waals surface area contributed by atoms with Crippen LogP contribution in [0.1, 0.15) is 30.1 Å². The molecule has 3 nitrogen and oxygen atoms in total. The van der Waals surface area contributed by atoms with E-state index < -0.39 is 0 Å². The highest BCUT2D eigenvalue weighted by Gasteiger charge is 2.25. The molecule has 0 aromatic heterocycles. The van der Waals surface area contributed by atoms with Crippen molar-refractivity contribution in [2.24, 2.45) is 0 Å². The first-order valence-corrected chi connectivity index (χ1v) is 9.94. The summed E-state index contributed by atoms with van der Waals surface area (Å²) >= 11 is 11.0. The van der Waals surface area contributed by atoms with E-state index in [4.69, 9.17) is 24.4 Å². The SMILES string of the molecule is CC(=S)N[C@@H](c1ccccc1)[C@@H](NC(=S)Nc1ccccc1)c1ccccc1. The Morgan fingerprint density at radius 1 is 0.643 bits per heavy atom. The molecule has 0 saturated heterocycles.